The third kappa shape index (κ3) is 8.48. The molecule has 37 heavy (non-hydrogen) atoms. The zero-order chi connectivity index (χ0) is 25.9. The Morgan fingerprint density at radius 1 is 0.784 bits per heavy atom. The summed E-state index contributed by atoms with van der Waals surface area (Å²) in [5.41, 5.74) is 3.31. The second-order valence-electron chi connectivity index (χ2n) is 9.79. The number of carbonyl (C=O) groups is 1. The minimum absolute atomic E-state index is 0.0512. The summed E-state index contributed by atoms with van der Waals surface area (Å²) < 4.78 is 26.9. The Bertz CT molecular complexity index is 1040. The number of nitrogens with one attached hydrogen (secondary N) is 1. The monoisotopic (exact) mass is 505 g/mol. The largest absolute Gasteiger partial charge is 0.340 e. The molecular formula is C31H37F2N3O. The van der Waals surface area contributed by atoms with Crippen LogP contribution in [0.25, 0.3) is 0 Å². The molecule has 1 aliphatic rings. The van der Waals surface area contributed by atoms with Crippen molar-refractivity contribution in [3.8, 4) is 0 Å². The van der Waals surface area contributed by atoms with Crippen LogP contribution < -0.4 is 5.32 Å². The Labute approximate surface area is 219 Å². The van der Waals surface area contributed by atoms with Crippen LogP contribution in [0.2, 0.25) is 0 Å². The molecule has 0 spiro atoms. The van der Waals surface area contributed by atoms with Crippen molar-refractivity contribution in [2.75, 3.05) is 39.3 Å². The van der Waals surface area contributed by atoms with Crippen LogP contribution in [-0.2, 0) is 11.3 Å². The summed E-state index contributed by atoms with van der Waals surface area (Å²) in [7, 11) is 0. The number of piperazine rings is 1. The average molecular weight is 506 g/mol. The molecule has 0 aromatic heterocycles. The van der Waals surface area contributed by atoms with E-state index in [0.29, 0.717) is 6.42 Å². The summed E-state index contributed by atoms with van der Waals surface area (Å²) in [6.07, 6.45) is 3.05. The van der Waals surface area contributed by atoms with Crippen LogP contribution in [-0.4, -0.2) is 55.0 Å². The minimum atomic E-state index is -0.268. The Balaban J connectivity index is 1.16. The van der Waals surface area contributed by atoms with E-state index in [1.807, 2.05) is 11.0 Å². The lowest BCUT2D eigenvalue weighted by Gasteiger charge is -2.35. The van der Waals surface area contributed by atoms with Crippen molar-refractivity contribution in [2.45, 2.75) is 38.1 Å². The predicted molar refractivity (Wildman–Crippen MR) is 144 cm³/mol. The molecule has 1 fully saturated rings. The van der Waals surface area contributed by atoms with Gasteiger partial charge < -0.3 is 10.2 Å². The molecule has 196 valence electrons. The van der Waals surface area contributed by atoms with E-state index in [-0.39, 0.29) is 23.5 Å². The molecule has 0 atom stereocenters. The van der Waals surface area contributed by atoms with Crippen LogP contribution >= 0.6 is 0 Å². The fraction of sp³-hybridized carbons (Fsp3) is 0.387. The highest BCUT2D eigenvalue weighted by atomic mass is 19.1. The molecule has 3 aromatic carbocycles. The van der Waals surface area contributed by atoms with Crippen molar-refractivity contribution < 1.29 is 13.6 Å². The molecule has 6 heteroatoms. The van der Waals surface area contributed by atoms with Crippen LogP contribution in [0.5, 0.6) is 0 Å². The van der Waals surface area contributed by atoms with Crippen LogP contribution in [0.4, 0.5) is 8.78 Å². The van der Waals surface area contributed by atoms with E-state index in [2.05, 4.69) is 34.5 Å². The van der Waals surface area contributed by atoms with Crippen LogP contribution in [0, 0.1) is 11.6 Å². The predicted octanol–water partition coefficient (Wildman–Crippen LogP) is 5.59. The molecule has 1 saturated heterocycles. The van der Waals surface area contributed by atoms with Gasteiger partial charge in [0.1, 0.15) is 11.6 Å². The normalized spacial score (nSPS) is 14.3. The highest BCUT2D eigenvalue weighted by Gasteiger charge is 2.21. The number of nitrogens with zero attached hydrogens (tertiary/aromatic N) is 2. The number of unbranched alkanes of at least 4 members (excludes halogenated alkanes) is 1. The van der Waals surface area contributed by atoms with Crippen molar-refractivity contribution in [1.29, 1.82) is 0 Å². The van der Waals surface area contributed by atoms with E-state index in [1.54, 1.807) is 24.3 Å². The lowest BCUT2D eigenvalue weighted by Crippen LogP contribution is -2.49. The maximum absolute atomic E-state index is 13.4. The molecule has 0 aliphatic carbocycles. The quantitative estimate of drug-likeness (QED) is 0.326. The number of hydrogen-bond donors (Lipinski definition) is 1. The maximum Gasteiger partial charge on any atom is 0.222 e. The number of hydrogen-bond acceptors (Lipinski definition) is 3. The molecule has 0 radical (unpaired) electrons. The van der Waals surface area contributed by atoms with Gasteiger partial charge in [-0.05, 0) is 53.8 Å². The van der Waals surface area contributed by atoms with Crippen LogP contribution in [0.3, 0.4) is 0 Å². The summed E-state index contributed by atoms with van der Waals surface area (Å²) in [5, 5.41) is 3.50. The van der Waals surface area contributed by atoms with E-state index >= 15 is 0 Å². The van der Waals surface area contributed by atoms with Gasteiger partial charge in [-0.2, -0.15) is 0 Å². The lowest BCUT2D eigenvalue weighted by atomic mass is 9.87. The Morgan fingerprint density at radius 3 is 1.97 bits per heavy atom. The zero-order valence-electron chi connectivity index (χ0n) is 21.4. The molecule has 1 aliphatic heterocycles. The topological polar surface area (TPSA) is 35.6 Å². The summed E-state index contributed by atoms with van der Waals surface area (Å²) in [5.74, 6) is -0.260. The Kier molecular flexibility index (Phi) is 10.2. The molecule has 1 heterocycles. The van der Waals surface area contributed by atoms with Crippen molar-refractivity contribution in [1.82, 2.24) is 15.1 Å². The van der Waals surface area contributed by atoms with E-state index in [4.69, 9.17) is 0 Å². The van der Waals surface area contributed by atoms with Crippen LogP contribution in [0.1, 0.15) is 48.3 Å². The highest BCUT2D eigenvalue weighted by molar-refractivity contribution is 5.76. The van der Waals surface area contributed by atoms with Gasteiger partial charge in [-0.3, -0.25) is 9.69 Å². The molecule has 4 nitrogen and oxygen atoms in total. The SMILES string of the molecule is O=C(CCCCC(c1ccc(F)cc1)c1ccc(F)cc1)N1CCN(CCNCc2ccccc2)CC1. The number of rotatable bonds is 12. The van der Waals surface area contributed by atoms with Gasteiger partial charge in [0.05, 0.1) is 0 Å². The molecule has 4 rings (SSSR count). The van der Waals surface area contributed by atoms with Gasteiger partial charge in [-0.1, -0.05) is 61.0 Å². The maximum atomic E-state index is 13.4. The van der Waals surface area contributed by atoms with Gasteiger partial charge in [0.15, 0.2) is 0 Å². The highest BCUT2D eigenvalue weighted by Crippen LogP contribution is 2.30. The van der Waals surface area contributed by atoms with Crippen LogP contribution in [0.15, 0.2) is 78.9 Å². The van der Waals surface area contributed by atoms with E-state index in [9.17, 15) is 13.6 Å². The van der Waals surface area contributed by atoms with Gasteiger partial charge in [-0.15, -0.1) is 0 Å². The Morgan fingerprint density at radius 2 is 1.38 bits per heavy atom. The van der Waals surface area contributed by atoms with Crippen molar-refractivity contribution >= 4 is 5.91 Å². The molecular weight excluding hydrogens is 468 g/mol. The first-order chi connectivity index (χ1) is 18.1. The third-order valence-corrected chi connectivity index (χ3v) is 7.18. The smallest absolute Gasteiger partial charge is 0.222 e. The summed E-state index contributed by atoms with van der Waals surface area (Å²) >= 11 is 0. The average Bonchev–Trinajstić information content (AvgIpc) is 2.93. The summed E-state index contributed by atoms with van der Waals surface area (Å²) in [6.45, 7) is 6.19. The molecule has 0 bridgehead atoms. The summed E-state index contributed by atoms with van der Waals surface area (Å²) in [4.78, 5) is 17.2. The van der Waals surface area contributed by atoms with Gasteiger partial charge >= 0.3 is 0 Å². The third-order valence-electron chi connectivity index (χ3n) is 7.18. The molecule has 1 amide bonds. The van der Waals surface area contributed by atoms with E-state index in [1.165, 1.54) is 29.8 Å². The second-order valence-corrected chi connectivity index (χ2v) is 9.79. The van der Waals surface area contributed by atoms with Gasteiger partial charge in [0, 0.05) is 58.2 Å². The molecule has 0 saturated carbocycles. The minimum Gasteiger partial charge on any atom is -0.340 e. The first-order valence-electron chi connectivity index (χ1n) is 13.3. The number of benzene rings is 3. The molecule has 0 unspecified atom stereocenters. The first-order valence-corrected chi connectivity index (χ1v) is 13.3. The van der Waals surface area contributed by atoms with Gasteiger partial charge in [-0.25, -0.2) is 8.78 Å². The first kappa shape index (κ1) is 27.0. The fourth-order valence-electron chi connectivity index (χ4n) is 4.99. The standard InChI is InChI=1S/C31H37F2N3O/c32-28-14-10-26(11-15-28)30(27-12-16-29(33)17-13-27)8-4-5-9-31(37)36-22-20-35(21-23-36)19-18-34-24-25-6-2-1-3-7-25/h1-3,6-7,10-17,30,34H,4-5,8-9,18-24H2. The zero-order valence-corrected chi connectivity index (χ0v) is 21.4. The molecule has 1 N–H and O–H groups in total. The van der Waals surface area contributed by atoms with Crippen molar-refractivity contribution in [3.63, 3.8) is 0 Å². The lowest BCUT2D eigenvalue weighted by molar-refractivity contribution is -0.133. The fourth-order valence-corrected chi connectivity index (χ4v) is 4.99. The second kappa shape index (κ2) is 14.0. The van der Waals surface area contributed by atoms with Gasteiger partial charge in [0.2, 0.25) is 5.91 Å². The van der Waals surface area contributed by atoms with Crippen molar-refractivity contribution in [3.05, 3.63) is 107 Å². The van der Waals surface area contributed by atoms with Gasteiger partial charge in [0.25, 0.3) is 0 Å². The number of carbonyl (C=O) groups excluding carboxylic acids is 1. The number of halogens is 2. The molecule has 3 aromatic rings. The van der Waals surface area contributed by atoms with E-state index < -0.39 is 0 Å². The number of amides is 1. The summed E-state index contributed by atoms with van der Waals surface area (Å²) in [6, 6.07) is 23.5. The Hall–Kier alpha value is -3.09. The van der Waals surface area contributed by atoms with E-state index in [0.717, 1.165) is 76.2 Å². The van der Waals surface area contributed by atoms with Crippen molar-refractivity contribution in [2.24, 2.45) is 0 Å².